The summed E-state index contributed by atoms with van der Waals surface area (Å²) < 4.78 is 49.2. The summed E-state index contributed by atoms with van der Waals surface area (Å²) in [5.74, 6) is -1.44. The zero-order valence-electron chi connectivity index (χ0n) is 18.5. The molecule has 1 unspecified atom stereocenters. The van der Waals surface area contributed by atoms with E-state index < -0.39 is 35.6 Å². The molecule has 1 fully saturated rings. The van der Waals surface area contributed by atoms with Gasteiger partial charge in [0, 0.05) is 38.0 Å². The zero-order valence-corrected chi connectivity index (χ0v) is 18.5. The fourth-order valence-electron chi connectivity index (χ4n) is 4.12. The Bertz CT molecular complexity index is 1270. The van der Waals surface area contributed by atoms with Gasteiger partial charge in [-0.25, -0.2) is 32.9 Å². The average molecular weight is 470 g/mol. The summed E-state index contributed by atoms with van der Waals surface area (Å²) in [6.07, 6.45) is 4.38. The number of benzene rings is 1. The van der Waals surface area contributed by atoms with Gasteiger partial charge in [0.05, 0.1) is 31.0 Å². The third-order valence-electron chi connectivity index (χ3n) is 5.75. The van der Waals surface area contributed by atoms with E-state index >= 15 is 0 Å². The molecule has 2 aromatic heterocycles. The number of ether oxygens (including phenoxy) is 1. The van der Waals surface area contributed by atoms with Gasteiger partial charge in [-0.3, -0.25) is 0 Å². The molecule has 8 nitrogen and oxygen atoms in total. The van der Waals surface area contributed by atoms with Crippen LogP contribution in [-0.2, 0) is 7.05 Å². The number of rotatable bonds is 4. The predicted molar refractivity (Wildman–Crippen MR) is 117 cm³/mol. The highest BCUT2D eigenvalue weighted by atomic mass is 19.1. The first-order valence-electron chi connectivity index (χ1n) is 10.7. The highest BCUT2D eigenvalue weighted by molar-refractivity contribution is 5.79. The van der Waals surface area contributed by atoms with Gasteiger partial charge < -0.3 is 14.2 Å². The minimum absolute atomic E-state index is 0.0232. The van der Waals surface area contributed by atoms with Crippen molar-refractivity contribution >= 4 is 12.2 Å². The second-order valence-electron chi connectivity index (χ2n) is 8.34. The van der Waals surface area contributed by atoms with Gasteiger partial charge in [-0.15, -0.1) is 0 Å². The molecule has 3 aromatic rings. The van der Waals surface area contributed by atoms with E-state index in [4.69, 9.17) is 4.74 Å². The van der Waals surface area contributed by atoms with E-state index in [1.54, 1.807) is 4.57 Å². The van der Waals surface area contributed by atoms with Gasteiger partial charge in [-0.1, -0.05) is 0 Å². The Morgan fingerprint density at radius 2 is 1.85 bits per heavy atom. The minimum atomic E-state index is -0.717. The van der Waals surface area contributed by atoms with E-state index in [-0.39, 0.29) is 18.8 Å². The fourth-order valence-corrected chi connectivity index (χ4v) is 4.12. The summed E-state index contributed by atoms with van der Waals surface area (Å²) in [4.78, 5) is 22.9. The molecule has 0 aliphatic carbocycles. The van der Waals surface area contributed by atoms with E-state index in [0.717, 1.165) is 18.0 Å². The summed E-state index contributed by atoms with van der Waals surface area (Å²) in [6.45, 7) is 2.28. The van der Waals surface area contributed by atoms with E-state index in [0.29, 0.717) is 23.5 Å². The maximum Gasteiger partial charge on any atom is 0.341 e. The van der Waals surface area contributed by atoms with Crippen molar-refractivity contribution in [1.29, 1.82) is 0 Å². The van der Waals surface area contributed by atoms with Crippen LogP contribution in [0.4, 0.5) is 18.0 Å². The van der Waals surface area contributed by atoms with Crippen molar-refractivity contribution in [3.63, 3.8) is 0 Å². The number of nitrogens with zero attached hydrogens (tertiary/aromatic N) is 6. The maximum atomic E-state index is 14.3. The predicted octanol–water partition coefficient (Wildman–Crippen LogP) is 3.82. The van der Waals surface area contributed by atoms with Crippen LogP contribution >= 0.6 is 0 Å². The molecule has 0 saturated carbocycles. The van der Waals surface area contributed by atoms with Gasteiger partial charge >= 0.3 is 6.03 Å². The van der Waals surface area contributed by atoms with Crippen molar-refractivity contribution in [2.45, 2.75) is 25.5 Å². The lowest BCUT2D eigenvalue weighted by atomic mass is 10.0. The lowest BCUT2D eigenvalue weighted by Gasteiger charge is -2.41. The Labute approximate surface area is 193 Å². The third kappa shape index (κ3) is 4.09. The maximum absolute atomic E-state index is 14.3. The molecule has 1 aromatic carbocycles. The second kappa shape index (κ2) is 8.47. The first-order chi connectivity index (χ1) is 16.3. The number of carbonyl (C=O) groups excluding carboxylic acids is 1. The Morgan fingerprint density at radius 3 is 2.53 bits per heavy atom. The number of likely N-dealkylation sites (tertiary alicyclic amines) is 1. The molecular weight excluding hydrogens is 449 g/mol. The molecule has 2 aliphatic rings. The van der Waals surface area contributed by atoms with Gasteiger partial charge in [0.2, 0.25) is 0 Å². The summed E-state index contributed by atoms with van der Waals surface area (Å²) in [6, 6.07) is 3.64. The van der Waals surface area contributed by atoms with E-state index in [1.165, 1.54) is 34.3 Å². The van der Waals surface area contributed by atoms with Crippen LogP contribution in [-0.4, -0.2) is 55.9 Å². The molecular formula is C23H21F3N6O2. The number of pyridine rings is 1. The number of halogens is 3. The minimum Gasteiger partial charge on any atom is -0.483 e. The highest BCUT2D eigenvalue weighted by Gasteiger charge is 2.39. The molecule has 176 valence electrons. The van der Waals surface area contributed by atoms with Gasteiger partial charge in [-0.2, -0.15) is 5.10 Å². The van der Waals surface area contributed by atoms with E-state index in [1.807, 2.05) is 20.2 Å². The number of urea groups is 1. The quantitative estimate of drug-likeness (QED) is 0.581. The van der Waals surface area contributed by atoms with Gasteiger partial charge in [-0.05, 0) is 24.6 Å². The molecule has 34 heavy (non-hydrogen) atoms. The molecule has 2 amide bonds. The highest BCUT2D eigenvalue weighted by Crippen LogP contribution is 2.32. The summed E-state index contributed by atoms with van der Waals surface area (Å²) in [7, 11) is 1.82. The number of carbonyl (C=O) groups is 1. The van der Waals surface area contributed by atoms with Crippen molar-refractivity contribution in [3.8, 4) is 17.3 Å². The number of hydrogen-bond acceptors (Lipinski definition) is 5. The smallest absolute Gasteiger partial charge is 0.341 e. The van der Waals surface area contributed by atoms with Gasteiger partial charge in [0.15, 0.2) is 17.4 Å². The number of hydrogen-bond donors (Lipinski definition) is 0. The first kappa shape index (κ1) is 21.9. The molecule has 0 spiro atoms. The Balaban J connectivity index is 1.24. The lowest BCUT2D eigenvalue weighted by Crippen LogP contribution is -2.58. The third-order valence-corrected chi connectivity index (χ3v) is 5.75. The van der Waals surface area contributed by atoms with E-state index in [9.17, 15) is 18.0 Å². The number of aromatic nitrogens is 3. The van der Waals surface area contributed by atoms with Crippen molar-refractivity contribution in [2.24, 2.45) is 12.1 Å². The van der Waals surface area contributed by atoms with Crippen molar-refractivity contribution in [3.05, 3.63) is 65.4 Å². The first-order valence-corrected chi connectivity index (χ1v) is 10.7. The molecule has 1 saturated heterocycles. The summed E-state index contributed by atoms with van der Waals surface area (Å²) in [5, 5.41) is 5.30. The molecule has 2 aliphatic heterocycles. The Morgan fingerprint density at radius 1 is 1.12 bits per heavy atom. The summed E-state index contributed by atoms with van der Waals surface area (Å²) in [5.41, 5.74) is 1.60. The van der Waals surface area contributed by atoms with Crippen LogP contribution in [0.3, 0.4) is 0 Å². The lowest BCUT2D eigenvalue weighted by molar-refractivity contribution is 0.0256. The number of aryl methyl sites for hydroxylation is 2. The molecule has 5 rings (SSSR count). The second-order valence-corrected chi connectivity index (χ2v) is 8.34. The van der Waals surface area contributed by atoms with Gasteiger partial charge in [0.1, 0.15) is 23.4 Å². The molecule has 0 radical (unpaired) electrons. The average Bonchev–Trinajstić information content (AvgIpc) is 3.37. The summed E-state index contributed by atoms with van der Waals surface area (Å²) >= 11 is 0. The molecule has 0 bridgehead atoms. The normalized spacial score (nSPS) is 17.9. The van der Waals surface area contributed by atoms with Crippen molar-refractivity contribution in [2.75, 3.05) is 13.1 Å². The fraction of sp³-hybridized carbons (Fsp3) is 0.304. The Kier molecular flexibility index (Phi) is 5.46. The van der Waals surface area contributed by atoms with Crippen LogP contribution in [0.1, 0.15) is 23.7 Å². The molecule has 4 heterocycles. The van der Waals surface area contributed by atoms with Gasteiger partial charge in [0.25, 0.3) is 0 Å². The molecule has 1 atom stereocenters. The van der Waals surface area contributed by atoms with Crippen LogP contribution in [0.2, 0.25) is 0 Å². The largest absolute Gasteiger partial charge is 0.483 e. The topological polar surface area (TPSA) is 75.8 Å². The molecule has 0 N–H and O–H groups in total. The zero-order chi connectivity index (χ0) is 24.0. The van der Waals surface area contributed by atoms with Crippen LogP contribution in [0, 0.1) is 24.4 Å². The van der Waals surface area contributed by atoms with Crippen LogP contribution in [0.25, 0.3) is 11.5 Å². The number of hydrazone groups is 1. The van der Waals surface area contributed by atoms with Crippen LogP contribution < -0.4 is 4.74 Å². The number of imidazole rings is 1. The SMILES string of the molecule is Cc1cn(C)c(-c2cc(OC3CN(C(=O)N4N=CCC4c4cc(F)cc(F)c4)C3)c(F)cn2)n1. The number of amides is 2. The van der Waals surface area contributed by atoms with Crippen molar-refractivity contribution in [1.82, 2.24) is 24.4 Å². The standard InChI is InChI=1S/C23H21F3N6O2/c1-13-10-30(2)22(29-13)19-8-21(18(26)9-27-19)34-17-11-31(12-17)23(33)32-20(3-4-28-32)14-5-15(24)7-16(25)6-14/h4-10,17,20H,3,11-12H2,1-2H3. The molecule has 11 heteroatoms. The Hall–Kier alpha value is -3.89. The van der Waals surface area contributed by atoms with Crippen molar-refractivity contribution < 1.29 is 22.7 Å². The van der Waals surface area contributed by atoms with Crippen LogP contribution in [0.5, 0.6) is 5.75 Å². The monoisotopic (exact) mass is 470 g/mol. The van der Waals surface area contributed by atoms with Crippen LogP contribution in [0.15, 0.2) is 41.8 Å². The van der Waals surface area contributed by atoms with E-state index in [2.05, 4.69) is 15.1 Å².